The second-order valence-electron chi connectivity index (χ2n) is 2.59. The summed E-state index contributed by atoms with van der Waals surface area (Å²) in [4.78, 5) is 24.2. The molecule has 0 aliphatic carbocycles. The van der Waals surface area contributed by atoms with E-state index < -0.39 is 4.92 Å². The van der Waals surface area contributed by atoms with Crippen molar-refractivity contribution in [2.75, 3.05) is 0 Å². The van der Waals surface area contributed by atoms with Crippen molar-refractivity contribution in [2.24, 2.45) is 4.99 Å². The smallest absolute Gasteiger partial charge is 0.267 e. The summed E-state index contributed by atoms with van der Waals surface area (Å²) in [6, 6.07) is 4.15. The van der Waals surface area contributed by atoms with Crippen molar-refractivity contribution < 1.29 is 9.72 Å². The van der Waals surface area contributed by atoms with Gasteiger partial charge in [-0.2, -0.15) is 0 Å². The van der Waals surface area contributed by atoms with Crippen LogP contribution in [-0.2, 0) is 4.79 Å². The molecule has 0 atom stereocenters. The molecule has 0 bridgehead atoms. The van der Waals surface area contributed by atoms with E-state index in [1.165, 1.54) is 24.3 Å². The van der Waals surface area contributed by atoms with Crippen molar-refractivity contribution in [1.82, 2.24) is 0 Å². The predicted molar refractivity (Wildman–Crippen MR) is 43.3 cm³/mol. The minimum absolute atomic E-state index is 0.0504. The minimum Gasteiger partial charge on any atom is -0.267 e. The number of carbonyl (C=O) groups is 1. The normalized spacial score (nSPS) is 13.1. The van der Waals surface area contributed by atoms with Crippen molar-refractivity contribution in [2.45, 2.75) is 0 Å². The van der Waals surface area contributed by atoms with Gasteiger partial charge in [0.15, 0.2) is 0 Å². The van der Waals surface area contributed by atoms with Gasteiger partial charge in [0.1, 0.15) is 0 Å². The van der Waals surface area contributed by atoms with E-state index in [9.17, 15) is 14.9 Å². The number of rotatable bonds is 1. The Bertz CT molecular complexity index is 519. The van der Waals surface area contributed by atoms with Crippen LogP contribution in [0.5, 0.6) is 0 Å². The van der Waals surface area contributed by atoms with Crippen molar-refractivity contribution >= 4 is 17.7 Å². The van der Waals surface area contributed by atoms with Gasteiger partial charge in [0.2, 0.25) is 0 Å². The Morgan fingerprint density at radius 3 is 2.85 bits per heavy atom. The van der Waals surface area contributed by atoms with E-state index in [-0.39, 0.29) is 11.6 Å². The lowest BCUT2D eigenvalue weighted by Crippen LogP contribution is -2.20. The van der Waals surface area contributed by atoms with Gasteiger partial charge >= 0.3 is 0 Å². The molecule has 64 valence electrons. The number of hydrogen-bond acceptors (Lipinski definition) is 3. The molecule has 0 aromatic heterocycles. The number of hydrogen-bond donors (Lipinski definition) is 0. The van der Waals surface area contributed by atoms with Gasteiger partial charge in [0.05, 0.1) is 10.3 Å². The number of nitro benzene ring substituents is 1. The van der Waals surface area contributed by atoms with E-state index in [4.69, 9.17) is 0 Å². The fraction of sp³-hybridized carbons (Fsp3) is 0. The van der Waals surface area contributed by atoms with E-state index in [2.05, 4.69) is 4.99 Å². The van der Waals surface area contributed by atoms with Gasteiger partial charge in [-0.1, -0.05) is 0 Å². The highest BCUT2D eigenvalue weighted by atomic mass is 16.6. The van der Waals surface area contributed by atoms with E-state index in [0.29, 0.717) is 10.6 Å². The van der Waals surface area contributed by atoms with Crippen LogP contribution >= 0.6 is 0 Å². The number of fused-ring (bicyclic) bond motifs is 1. The zero-order valence-corrected chi connectivity index (χ0v) is 6.43. The first-order chi connectivity index (χ1) is 6.16. The van der Waals surface area contributed by atoms with Gasteiger partial charge in [-0.05, 0) is 6.07 Å². The molecule has 2 rings (SSSR count). The third kappa shape index (κ3) is 1.20. The average Bonchev–Trinajstić information content (AvgIpc) is 2.42. The summed E-state index contributed by atoms with van der Waals surface area (Å²) in [6.45, 7) is 0. The van der Waals surface area contributed by atoms with Crippen LogP contribution < -0.4 is 10.6 Å². The summed E-state index contributed by atoms with van der Waals surface area (Å²) in [5, 5.41) is 11.4. The highest BCUT2D eigenvalue weighted by Crippen LogP contribution is 2.03. The van der Waals surface area contributed by atoms with Crippen molar-refractivity contribution in [3.63, 3.8) is 0 Å². The third-order valence-corrected chi connectivity index (χ3v) is 1.73. The van der Waals surface area contributed by atoms with Crippen molar-refractivity contribution in [3.05, 3.63) is 38.9 Å². The number of carbonyl (C=O) groups excluding carboxylic acids is 1. The zero-order chi connectivity index (χ0) is 9.42. The minimum atomic E-state index is -0.515. The van der Waals surface area contributed by atoms with E-state index >= 15 is 0 Å². The summed E-state index contributed by atoms with van der Waals surface area (Å²) >= 11 is 0. The van der Waals surface area contributed by atoms with Crippen LogP contribution in [-0.4, -0.2) is 10.8 Å². The van der Waals surface area contributed by atoms with Crippen LogP contribution in [0.4, 0.5) is 5.69 Å². The molecular formula is C8H4N2O3. The molecule has 1 aromatic rings. The maximum absolute atomic E-state index is 10.8. The van der Waals surface area contributed by atoms with Gasteiger partial charge < -0.3 is 0 Å². The molecule has 1 amide bonds. The first-order valence-electron chi connectivity index (χ1n) is 3.56. The molecule has 1 aliphatic rings. The van der Waals surface area contributed by atoms with Crippen molar-refractivity contribution in [3.8, 4) is 0 Å². The van der Waals surface area contributed by atoms with Crippen LogP contribution in [0.3, 0.4) is 0 Å². The fourth-order valence-corrected chi connectivity index (χ4v) is 1.15. The molecule has 5 nitrogen and oxygen atoms in total. The summed E-state index contributed by atoms with van der Waals surface area (Å²) in [5.74, 6) is -0.365. The van der Waals surface area contributed by atoms with E-state index in [1.54, 1.807) is 0 Å². The maximum atomic E-state index is 10.8. The lowest BCUT2D eigenvalue weighted by atomic mass is 10.2. The molecule has 5 heteroatoms. The first-order valence-corrected chi connectivity index (χ1v) is 3.56. The van der Waals surface area contributed by atoms with Gasteiger partial charge in [0.25, 0.3) is 11.6 Å². The summed E-state index contributed by atoms with van der Waals surface area (Å²) in [7, 11) is 0. The monoisotopic (exact) mass is 176 g/mol. The quantitative estimate of drug-likeness (QED) is 0.429. The Hall–Kier alpha value is -2.04. The molecule has 0 fully saturated rings. The van der Waals surface area contributed by atoms with Gasteiger partial charge in [-0.15, -0.1) is 0 Å². The van der Waals surface area contributed by atoms with Gasteiger partial charge in [-0.3, -0.25) is 14.9 Å². The van der Waals surface area contributed by atoms with Gasteiger partial charge in [-0.25, -0.2) is 4.99 Å². The highest BCUT2D eigenvalue weighted by Gasteiger charge is 2.08. The molecule has 1 aliphatic heterocycles. The van der Waals surface area contributed by atoms with E-state index in [1.807, 2.05) is 0 Å². The first kappa shape index (κ1) is 7.60. The largest absolute Gasteiger partial charge is 0.271 e. The fourth-order valence-electron chi connectivity index (χ4n) is 1.15. The highest BCUT2D eigenvalue weighted by molar-refractivity contribution is 6.06. The van der Waals surface area contributed by atoms with Crippen molar-refractivity contribution in [1.29, 1.82) is 0 Å². The Morgan fingerprint density at radius 2 is 2.15 bits per heavy atom. The molecule has 0 unspecified atom stereocenters. The van der Waals surface area contributed by atoms with Crippen LogP contribution in [0.15, 0.2) is 23.2 Å². The standard InChI is InChI=1S/C8H4N2O3/c11-8-3-5-1-2-6(10(12)13)4-7(5)9-8/h1-4H. The molecular weight excluding hydrogens is 172 g/mol. The molecule has 0 N–H and O–H groups in total. The number of benzene rings is 1. The number of nitrogens with zero attached hydrogens (tertiary/aromatic N) is 2. The number of amides is 1. The second-order valence-corrected chi connectivity index (χ2v) is 2.59. The SMILES string of the molecule is O=C1C=c2ccc([N+](=O)[O-])cc2=N1. The average molecular weight is 176 g/mol. The summed E-state index contributed by atoms with van der Waals surface area (Å²) < 4.78 is 0. The number of non-ortho nitro benzene ring substituents is 1. The summed E-state index contributed by atoms with van der Waals surface area (Å²) in [6.07, 6.45) is 1.35. The molecule has 1 aromatic carbocycles. The van der Waals surface area contributed by atoms with Crippen LogP contribution in [0, 0.1) is 10.1 Å². The Morgan fingerprint density at radius 1 is 1.38 bits per heavy atom. The van der Waals surface area contributed by atoms with E-state index in [0.717, 1.165) is 0 Å². The Kier molecular flexibility index (Phi) is 1.45. The topological polar surface area (TPSA) is 72.6 Å². The summed E-state index contributed by atoms with van der Waals surface area (Å²) in [5.41, 5.74) is -0.0504. The molecule has 0 saturated carbocycles. The Labute approximate surface area is 72.2 Å². The third-order valence-electron chi connectivity index (χ3n) is 1.73. The zero-order valence-electron chi connectivity index (χ0n) is 6.43. The van der Waals surface area contributed by atoms with Crippen LogP contribution in [0.2, 0.25) is 0 Å². The lowest BCUT2D eigenvalue weighted by molar-refractivity contribution is -0.385. The van der Waals surface area contributed by atoms with Crippen LogP contribution in [0.1, 0.15) is 0 Å². The van der Waals surface area contributed by atoms with Gasteiger partial charge in [0, 0.05) is 23.4 Å². The van der Waals surface area contributed by atoms with Crippen LogP contribution in [0.25, 0.3) is 6.08 Å². The molecule has 0 spiro atoms. The number of nitro groups is 1. The predicted octanol–water partition coefficient (Wildman–Crippen LogP) is -0.465. The second kappa shape index (κ2) is 2.48. The molecule has 0 radical (unpaired) electrons. The molecule has 13 heavy (non-hydrogen) atoms. The molecule has 0 saturated heterocycles. The Balaban J connectivity index is 2.73. The lowest BCUT2D eigenvalue weighted by Gasteiger charge is -1.87. The maximum Gasteiger partial charge on any atom is 0.271 e. The molecule has 1 heterocycles.